The van der Waals surface area contributed by atoms with Crippen molar-refractivity contribution in [2.24, 2.45) is 0 Å². The molecule has 2 aromatic rings. The molecule has 1 heterocycles. The van der Waals surface area contributed by atoms with E-state index in [0.29, 0.717) is 0 Å². The molecule has 0 spiro atoms. The second-order valence-corrected chi connectivity index (χ2v) is 6.81. The van der Waals surface area contributed by atoms with Gasteiger partial charge in [0.25, 0.3) is 5.91 Å². The topological polar surface area (TPSA) is 36.4 Å². The minimum atomic E-state index is 0.111. The molecule has 0 atom stereocenters. The highest BCUT2D eigenvalue weighted by atomic mass is 32.1. The van der Waals surface area contributed by atoms with Crippen molar-refractivity contribution in [2.45, 2.75) is 19.8 Å². The molecule has 0 saturated heterocycles. The predicted octanol–water partition coefficient (Wildman–Crippen LogP) is 3.09. The number of likely N-dealkylation sites (N-methyl/N-ethyl adjacent to an activating group) is 1. The molecule has 2 rings (SSSR count). The lowest BCUT2D eigenvalue weighted by Crippen LogP contribution is -2.37. The Morgan fingerprint density at radius 2 is 1.87 bits per heavy atom. The van der Waals surface area contributed by atoms with Crippen molar-refractivity contribution < 1.29 is 4.79 Å². The van der Waals surface area contributed by atoms with Crippen LogP contribution in [0.1, 0.15) is 27.3 Å². The van der Waals surface area contributed by atoms with Crippen LogP contribution in [0.4, 0.5) is 0 Å². The SMILES string of the molecule is Cc1ncsc1C(=O)N(CCCc1ccccc1)CCN(C)C. The van der Waals surface area contributed by atoms with Crippen molar-refractivity contribution in [3.8, 4) is 0 Å². The summed E-state index contributed by atoms with van der Waals surface area (Å²) >= 11 is 1.43. The lowest BCUT2D eigenvalue weighted by Gasteiger charge is -2.24. The van der Waals surface area contributed by atoms with Crippen LogP contribution in [0.2, 0.25) is 0 Å². The summed E-state index contributed by atoms with van der Waals surface area (Å²) in [6, 6.07) is 10.4. The summed E-state index contributed by atoms with van der Waals surface area (Å²) in [5.41, 5.74) is 3.90. The van der Waals surface area contributed by atoms with Crippen molar-refractivity contribution in [1.82, 2.24) is 14.8 Å². The van der Waals surface area contributed by atoms with E-state index < -0.39 is 0 Å². The Morgan fingerprint density at radius 3 is 2.48 bits per heavy atom. The maximum atomic E-state index is 12.8. The van der Waals surface area contributed by atoms with Gasteiger partial charge in [-0.05, 0) is 39.4 Å². The van der Waals surface area contributed by atoms with Crippen molar-refractivity contribution in [2.75, 3.05) is 33.7 Å². The number of carbonyl (C=O) groups excluding carboxylic acids is 1. The lowest BCUT2D eigenvalue weighted by atomic mass is 10.1. The Morgan fingerprint density at radius 1 is 1.13 bits per heavy atom. The van der Waals surface area contributed by atoms with E-state index in [1.165, 1.54) is 16.9 Å². The van der Waals surface area contributed by atoms with Crippen LogP contribution in [0, 0.1) is 6.92 Å². The summed E-state index contributed by atoms with van der Waals surface area (Å²) in [7, 11) is 4.06. The summed E-state index contributed by atoms with van der Waals surface area (Å²) in [5, 5.41) is 0. The molecule has 4 nitrogen and oxygen atoms in total. The van der Waals surface area contributed by atoms with Gasteiger partial charge >= 0.3 is 0 Å². The highest BCUT2D eigenvalue weighted by Crippen LogP contribution is 2.16. The van der Waals surface area contributed by atoms with Crippen LogP contribution in [-0.4, -0.2) is 54.4 Å². The van der Waals surface area contributed by atoms with Gasteiger partial charge in [-0.15, -0.1) is 11.3 Å². The molecule has 0 N–H and O–H groups in total. The largest absolute Gasteiger partial charge is 0.337 e. The average molecular weight is 331 g/mol. The number of aryl methyl sites for hydroxylation is 2. The number of amides is 1. The van der Waals surface area contributed by atoms with Gasteiger partial charge in [-0.2, -0.15) is 0 Å². The third-order valence-corrected chi connectivity index (χ3v) is 4.70. The Bertz CT molecular complexity index is 610. The van der Waals surface area contributed by atoms with Gasteiger partial charge in [0.1, 0.15) is 4.88 Å². The Hall–Kier alpha value is -1.72. The first-order valence-corrected chi connectivity index (χ1v) is 8.84. The highest BCUT2D eigenvalue weighted by Gasteiger charge is 2.19. The van der Waals surface area contributed by atoms with E-state index in [-0.39, 0.29) is 5.91 Å². The molecular weight excluding hydrogens is 306 g/mol. The van der Waals surface area contributed by atoms with Crippen molar-refractivity contribution in [3.05, 3.63) is 52.0 Å². The van der Waals surface area contributed by atoms with E-state index >= 15 is 0 Å². The number of hydrogen-bond acceptors (Lipinski definition) is 4. The molecule has 124 valence electrons. The number of thiazole rings is 1. The van der Waals surface area contributed by atoms with Crippen LogP contribution < -0.4 is 0 Å². The fourth-order valence-corrected chi connectivity index (χ4v) is 3.17. The van der Waals surface area contributed by atoms with Crippen molar-refractivity contribution >= 4 is 17.2 Å². The predicted molar refractivity (Wildman–Crippen MR) is 96.1 cm³/mol. The van der Waals surface area contributed by atoms with Crippen LogP contribution in [0.25, 0.3) is 0 Å². The minimum absolute atomic E-state index is 0.111. The van der Waals surface area contributed by atoms with Crippen molar-refractivity contribution in [3.63, 3.8) is 0 Å². The van der Waals surface area contributed by atoms with Gasteiger partial charge in [-0.1, -0.05) is 30.3 Å². The van der Waals surface area contributed by atoms with E-state index in [9.17, 15) is 4.79 Å². The summed E-state index contributed by atoms with van der Waals surface area (Å²) in [4.78, 5) is 21.8. The first-order valence-electron chi connectivity index (χ1n) is 7.96. The van der Waals surface area contributed by atoms with Crippen molar-refractivity contribution in [1.29, 1.82) is 0 Å². The number of carbonyl (C=O) groups is 1. The molecule has 1 aromatic carbocycles. The molecule has 0 radical (unpaired) electrons. The quantitative estimate of drug-likeness (QED) is 0.746. The standard InChI is InChI=1S/C18H25N3OS/c1-15-17(23-14-19-15)18(22)21(13-12-20(2)3)11-7-10-16-8-5-4-6-9-16/h4-6,8-9,14H,7,10-13H2,1-3H3. The molecule has 0 saturated carbocycles. The van der Waals surface area contributed by atoms with Crippen LogP contribution in [0.3, 0.4) is 0 Å². The van der Waals surface area contributed by atoms with Gasteiger partial charge in [-0.25, -0.2) is 4.98 Å². The third kappa shape index (κ3) is 5.44. The summed E-state index contributed by atoms with van der Waals surface area (Å²) in [6.45, 7) is 4.30. The zero-order valence-electron chi connectivity index (χ0n) is 14.2. The third-order valence-electron chi connectivity index (χ3n) is 3.78. The van der Waals surface area contributed by atoms with Crippen LogP contribution in [0.5, 0.6) is 0 Å². The van der Waals surface area contributed by atoms with Gasteiger partial charge in [0.2, 0.25) is 0 Å². The molecule has 5 heteroatoms. The lowest BCUT2D eigenvalue weighted by molar-refractivity contribution is 0.0747. The number of rotatable bonds is 8. The van der Waals surface area contributed by atoms with E-state index in [2.05, 4.69) is 34.1 Å². The molecule has 0 aliphatic heterocycles. The second kappa shape index (κ2) is 8.79. The Labute approximate surface area is 142 Å². The molecule has 23 heavy (non-hydrogen) atoms. The molecule has 0 fully saturated rings. The van der Waals surface area contributed by atoms with Crippen LogP contribution in [-0.2, 0) is 6.42 Å². The van der Waals surface area contributed by atoms with Gasteiger partial charge in [0.15, 0.2) is 0 Å². The summed E-state index contributed by atoms with van der Waals surface area (Å²) in [6.07, 6.45) is 1.97. The van der Waals surface area contributed by atoms with E-state index in [1.807, 2.05) is 32.0 Å². The van der Waals surface area contributed by atoms with Gasteiger partial charge < -0.3 is 9.80 Å². The first-order chi connectivity index (χ1) is 11.1. The molecule has 1 aromatic heterocycles. The zero-order valence-corrected chi connectivity index (χ0v) is 15.0. The van der Waals surface area contributed by atoms with Crippen LogP contribution >= 0.6 is 11.3 Å². The maximum Gasteiger partial charge on any atom is 0.265 e. The molecule has 0 aliphatic rings. The van der Waals surface area contributed by atoms with E-state index in [1.54, 1.807) is 5.51 Å². The molecule has 0 bridgehead atoms. The molecule has 0 unspecified atom stereocenters. The summed E-state index contributed by atoms with van der Waals surface area (Å²) < 4.78 is 0. The average Bonchev–Trinajstić information content (AvgIpc) is 2.97. The molecular formula is C18H25N3OS. The highest BCUT2D eigenvalue weighted by molar-refractivity contribution is 7.11. The summed E-state index contributed by atoms with van der Waals surface area (Å²) in [5.74, 6) is 0.111. The Balaban J connectivity index is 1.96. The normalized spacial score (nSPS) is 11.0. The molecule has 1 amide bonds. The second-order valence-electron chi connectivity index (χ2n) is 5.95. The van der Waals surface area contributed by atoms with E-state index in [4.69, 9.17) is 0 Å². The first kappa shape index (κ1) is 17.6. The fraction of sp³-hybridized carbons (Fsp3) is 0.444. The number of hydrogen-bond donors (Lipinski definition) is 0. The van der Waals surface area contributed by atoms with Crippen LogP contribution in [0.15, 0.2) is 35.8 Å². The minimum Gasteiger partial charge on any atom is -0.337 e. The van der Waals surface area contributed by atoms with Gasteiger partial charge in [0.05, 0.1) is 11.2 Å². The number of nitrogens with zero attached hydrogens (tertiary/aromatic N) is 3. The monoisotopic (exact) mass is 331 g/mol. The molecule has 0 aliphatic carbocycles. The zero-order chi connectivity index (χ0) is 16.7. The van der Waals surface area contributed by atoms with Gasteiger partial charge in [0, 0.05) is 19.6 Å². The number of aromatic nitrogens is 1. The number of benzene rings is 1. The van der Waals surface area contributed by atoms with E-state index in [0.717, 1.165) is 43.0 Å². The van der Waals surface area contributed by atoms with Gasteiger partial charge in [-0.3, -0.25) is 4.79 Å². The maximum absolute atomic E-state index is 12.8. The Kier molecular flexibility index (Phi) is 6.74. The smallest absolute Gasteiger partial charge is 0.265 e. The fourth-order valence-electron chi connectivity index (χ4n) is 2.41.